The molecule has 0 spiro atoms. The Kier molecular flexibility index (Phi) is 4.71. The Hall–Kier alpha value is -0.0800. The summed E-state index contributed by atoms with van der Waals surface area (Å²) in [4.78, 5) is 2.77. The van der Waals surface area contributed by atoms with Crippen molar-refractivity contribution in [3.05, 3.63) is 0 Å². The highest BCUT2D eigenvalue weighted by Crippen LogP contribution is 2.40. The van der Waals surface area contributed by atoms with Gasteiger partial charge in [-0.3, -0.25) is 4.90 Å². The van der Waals surface area contributed by atoms with Crippen LogP contribution in [0.25, 0.3) is 0 Å². The quantitative estimate of drug-likeness (QED) is 0.780. The van der Waals surface area contributed by atoms with E-state index in [1.165, 1.54) is 45.2 Å². The standard InChI is InChI=1S/C16H32N2/c1-5-17-15-14(10-11-16(15,3)4)18(6-2)12-13-8-7-9-13/h13-15,17H,5-12H2,1-4H3. The predicted octanol–water partition coefficient (Wildman–Crippen LogP) is 3.28. The largest absolute Gasteiger partial charge is 0.312 e. The van der Waals surface area contributed by atoms with Gasteiger partial charge < -0.3 is 5.32 Å². The number of rotatable bonds is 6. The summed E-state index contributed by atoms with van der Waals surface area (Å²) < 4.78 is 0. The van der Waals surface area contributed by atoms with Gasteiger partial charge in [0, 0.05) is 18.6 Å². The molecule has 2 fully saturated rings. The third-order valence-electron chi connectivity index (χ3n) is 5.33. The zero-order valence-corrected chi connectivity index (χ0v) is 12.8. The molecule has 1 N–H and O–H groups in total. The van der Waals surface area contributed by atoms with Crippen LogP contribution in [0.3, 0.4) is 0 Å². The molecule has 2 aliphatic carbocycles. The van der Waals surface area contributed by atoms with Gasteiger partial charge >= 0.3 is 0 Å². The Balaban J connectivity index is 1.99. The zero-order chi connectivity index (χ0) is 13.2. The first-order valence-electron chi connectivity index (χ1n) is 8.06. The van der Waals surface area contributed by atoms with Crippen LogP contribution in [0.15, 0.2) is 0 Å². The fourth-order valence-corrected chi connectivity index (χ4v) is 3.89. The molecule has 0 heterocycles. The van der Waals surface area contributed by atoms with Crippen molar-refractivity contribution in [2.75, 3.05) is 19.6 Å². The molecule has 0 saturated heterocycles. The van der Waals surface area contributed by atoms with Gasteiger partial charge in [0.1, 0.15) is 0 Å². The lowest BCUT2D eigenvalue weighted by molar-refractivity contribution is 0.109. The lowest BCUT2D eigenvalue weighted by Gasteiger charge is -2.40. The first-order chi connectivity index (χ1) is 8.58. The molecule has 0 radical (unpaired) electrons. The summed E-state index contributed by atoms with van der Waals surface area (Å²) in [5.41, 5.74) is 0.466. The van der Waals surface area contributed by atoms with Crippen molar-refractivity contribution in [2.45, 2.75) is 71.9 Å². The summed E-state index contributed by atoms with van der Waals surface area (Å²) in [6.07, 6.45) is 7.16. The van der Waals surface area contributed by atoms with Crippen molar-refractivity contribution in [1.82, 2.24) is 10.2 Å². The number of likely N-dealkylation sites (N-methyl/N-ethyl adjacent to an activating group) is 2. The second-order valence-corrected chi connectivity index (χ2v) is 7.01. The highest BCUT2D eigenvalue weighted by molar-refractivity contribution is 5.01. The lowest BCUT2D eigenvalue weighted by atomic mass is 9.83. The van der Waals surface area contributed by atoms with Crippen molar-refractivity contribution in [3.8, 4) is 0 Å². The molecule has 2 atom stereocenters. The summed E-state index contributed by atoms with van der Waals surface area (Å²) >= 11 is 0. The molecule has 2 saturated carbocycles. The van der Waals surface area contributed by atoms with Crippen LogP contribution in [-0.4, -0.2) is 36.6 Å². The molecule has 0 aromatic heterocycles. The average Bonchev–Trinajstić information content (AvgIpc) is 2.56. The monoisotopic (exact) mass is 252 g/mol. The summed E-state index contributed by atoms with van der Waals surface area (Å²) in [5.74, 6) is 0.996. The van der Waals surface area contributed by atoms with E-state index < -0.39 is 0 Å². The van der Waals surface area contributed by atoms with Crippen molar-refractivity contribution < 1.29 is 0 Å². The number of hydrogen-bond acceptors (Lipinski definition) is 2. The number of nitrogens with zero attached hydrogens (tertiary/aromatic N) is 1. The fraction of sp³-hybridized carbons (Fsp3) is 1.00. The topological polar surface area (TPSA) is 15.3 Å². The summed E-state index contributed by atoms with van der Waals surface area (Å²) in [7, 11) is 0. The van der Waals surface area contributed by atoms with E-state index in [-0.39, 0.29) is 0 Å². The fourth-order valence-electron chi connectivity index (χ4n) is 3.89. The van der Waals surface area contributed by atoms with Crippen LogP contribution in [0, 0.1) is 11.3 Å². The van der Waals surface area contributed by atoms with Crippen LogP contribution in [0.2, 0.25) is 0 Å². The van der Waals surface area contributed by atoms with Gasteiger partial charge in [0.15, 0.2) is 0 Å². The second-order valence-electron chi connectivity index (χ2n) is 7.01. The van der Waals surface area contributed by atoms with Gasteiger partial charge in [-0.1, -0.05) is 34.1 Å². The molecular weight excluding hydrogens is 220 g/mol. The lowest BCUT2D eigenvalue weighted by Crippen LogP contribution is -2.53. The molecule has 0 aromatic carbocycles. The second kappa shape index (κ2) is 5.92. The van der Waals surface area contributed by atoms with E-state index in [1.54, 1.807) is 0 Å². The minimum atomic E-state index is 0.466. The molecule has 106 valence electrons. The van der Waals surface area contributed by atoms with E-state index in [4.69, 9.17) is 0 Å². The Bertz CT molecular complexity index is 258. The maximum atomic E-state index is 3.77. The van der Waals surface area contributed by atoms with Gasteiger partial charge in [0.25, 0.3) is 0 Å². The van der Waals surface area contributed by atoms with E-state index in [0.717, 1.165) is 18.5 Å². The third kappa shape index (κ3) is 2.91. The zero-order valence-electron chi connectivity index (χ0n) is 12.8. The first-order valence-corrected chi connectivity index (χ1v) is 8.06. The molecule has 2 heteroatoms. The van der Waals surface area contributed by atoms with Crippen LogP contribution in [0.5, 0.6) is 0 Å². The third-order valence-corrected chi connectivity index (χ3v) is 5.33. The van der Waals surface area contributed by atoms with Crippen LogP contribution < -0.4 is 5.32 Å². The van der Waals surface area contributed by atoms with Crippen molar-refractivity contribution in [2.24, 2.45) is 11.3 Å². The molecular formula is C16H32N2. The van der Waals surface area contributed by atoms with E-state index in [2.05, 4.69) is 37.9 Å². The minimum absolute atomic E-state index is 0.466. The Morgan fingerprint density at radius 3 is 2.39 bits per heavy atom. The summed E-state index contributed by atoms with van der Waals surface area (Å²) in [6.45, 7) is 13.1. The average molecular weight is 252 g/mol. The van der Waals surface area contributed by atoms with Crippen LogP contribution in [-0.2, 0) is 0 Å². The van der Waals surface area contributed by atoms with Crippen molar-refractivity contribution in [3.63, 3.8) is 0 Å². The smallest absolute Gasteiger partial charge is 0.0274 e. The van der Waals surface area contributed by atoms with Gasteiger partial charge in [-0.15, -0.1) is 0 Å². The molecule has 2 nitrogen and oxygen atoms in total. The summed E-state index contributed by atoms with van der Waals surface area (Å²) in [6, 6.07) is 1.45. The summed E-state index contributed by atoms with van der Waals surface area (Å²) in [5, 5.41) is 3.77. The molecule has 0 aliphatic heterocycles. The van der Waals surface area contributed by atoms with Crippen molar-refractivity contribution in [1.29, 1.82) is 0 Å². The Morgan fingerprint density at radius 2 is 1.89 bits per heavy atom. The van der Waals surface area contributed by atoms with Gasteiger partial charge in [-0.05, 0) is 50.1 Å². The van der Waals surface area contributed by atoms with Crippen LogP contribution >= 0.6 is 0 Å². The highest BCUT2D eigenvalue weighted by Gasteiger charge is 2.43. The molecule has 2 unspecified atom stereocenters. The Labute approximate surface area is 114 Å². The predicted molar refractivity (Wildman–Crippen MR) is 78.9 cm³/mol. The van der Waals surface area contributed by atoms with Crippen LogP contribution in [0.4, 0.5) is 0 Å². The first kappa shape index (κ1) is 14.3. The van der Waals surface area contributed by atoms with Crippen molar-refractivity contribution >= 4 is 0 Å². The maximum Gasteiger partial charge on any atom is 0.0274 e. The molecule has 0 bridgehead atoms. The molecule has 2 rings (SSSR count). The molecule has 0 aromatic rings. The normalized spacial score (nSPS) is 31.8. The minimum Gasteiger partial charge on any atom is -0.312 e. The molecule has 18 heavy (non-hydrogen) atoms. The van der Waals surface area contributed by atoms with Gasteiger partial charge in [-0.2, -0.15) is 0 Å². The van der Waals surface area contributed by atoms with Crippen LogP contribution in [0.1, 0.15) is 59.8 Å². The van der Waals surface area contributed by atoms with Gasteiger partial charge in [0.05, 0.1) is 0 Å². The van der Waals surface area contributed by atoms with Gasteiger partial charge in [-0.25, -0.2) is 0 Å². The maximum absolute atomic E-state index is 3.77. The van der Waals surface area contributed by atoms with E-state index in [0.29, 0.717) is 11.5 Å². The van der Waals surface area contributed by atoms with E-state index >= 15 is 0 Å². The highest BCUT2D eigenvalue weighted by atomic mass is 15.2. The number of hydrogen-bond donors (Lipinski definition) is 1. The Morgan fingerprint density at radius 1 is 1.17 bits per heavy atom. The van der Waals surface area contributed by atoms with E-state index in [9.17, 15) is 0 Å². The van der Waals surface area contributed by atoms with Gasteiger partial charge in [0.2, 0.25) is 0 Å². The molecule has 0 amide bonds. The molecule has 2 aliphatic rings. The number of nitrogens with one attached hydrogen (secondary N) is 1. The SMILES string of the molecule is CCNC1C(N(CC)CC2CCC2)CCC1(C)C. The van der Waals surface area contributed by atoms with E-state index in [1.807, 2.05) is 0 Å².